The molecule has 0 aliphatic carbocycles. The number of carbonyl (C=O) groups is 1. The zero-order chi connectivity index (χ0) is 24.2. The first-order chi connectivity index (χ1) is 16.5. The average molecular weight is 477 g/mol. The van der Waals surface area contributed by atoms with Gasteiger partial charge in [0, 0.05) is 11.4 Å². The van der Waals surface area contributed by atoms with E-state index in [0.717, 1.165) is 22.6 Å². The number of anilines is 1. The van der Waals surface area contributed by atoms with Crippen molar-refractivity contribution >= 4 is 34.7 Å². The summed E-state index contributed by atoms with van der Waals surface area (Å²) in [6.45, 7) is 4.16. The summed E-state index contributed by atoms with van der Waals surface area (Å²) < 4.78 is 11.4. The largest absolute Gasteiger partial charge is 0.490 e. The maximum absolute atomic E-state index is 12.3. The number of benzene rings is 3. The normalized spacial score (nSPS) is 11.4. The van der Waals surface area contributed by atoms with Gasteiger partial charge in [0.05, 0.1) is 12.8 Å². The van der Waals surface area contributed by atoms with E-state index in [9.17, 15) is 4.79 Å². The van der Waals surface area contributed by atoms with E-state index in [4.69, 9.17) is 15.2 Å². The highest BCUT2D eigenvalue weighted by Gasteiger charge is 2.09. The fraction of sp³-hybridized carbons (Fsp3) is 0.192. The number of aryl methyl sites for hydroxylation is 1. The standard InChI is InChI=1S/C26H28N4O3S/c1-3-32-24-15-21(16-28-30-26(27)34-18-20-9-5-4-6-10-20)12-13-23(24)33-17-25(31)29-22-11-7-8-19(2)14-22/h4-16H,3,17-18H2,1-2H3,(H2,27,30)(H,29,31). The van der Waals surface area contributed by atoms with Gasteiger partial charge in [-0.3, -0.25) is 4.79 Å². The first-order valence-corrected chi connectivity index (χ1v) is 11.8. The van der Waals surface area contributed by atoms with Crippen LogP contribution in [0.1, 0.15) is 23.6 Å². The highest BCUT2D eigenvalue weighted by Crippen LogP contribution is 2.28. The summed E-state index contributed by atoms with van der Waals surface area (Å²) in [7, 11) is 0. The predicted molar refractivity (Wildman–Crippen MR) is 140 cm³/mol. The molecule has 0 spiro atoms. The minimum absolute atomic E-state index is 0.138. The highest BCUT2D eigenvalue weighted by atomic mass is 32.2. The molecular weight excluding hydrogens is 448 g/mol. The minimum Gasteiger partial charge on any atom is -0.490 e. The van der Waals surface area contributed by atoms with Crippen molar-refractivity contribution in [3.05, 3.63) is 89.5 Å². The summed E-state index contributed by atoms with van der Waals surface area (Å²) in [4.78, 5) is 12.3. The van der Waals surface area contributed by atoms with Crippen molar-refractivity contribution < 1.29 is 14.3 Å². The molecule has 0 saturated heterocycles. The number of amides is 1. The van der Waals surface area contributed by atoms with Crippen LogP contribution in [0.5, 0.6) is 11.5 Å². The van der Waals surface area contributed by atoms with Crippen LogP contribution in [-0.2, 0) is 10.5 Å². The summed E-state index contributed by atoms with van der Waals surface area (Å²) in [5, 5.41) is 11.3. The van der Waals surface area contributed by atoms with Crippen LogP contribution in [0.2, 0.25) is 0 Å². The average Bonchev–Trinajstić information content (AvgIpc) is 2.83. The van der Waals surface area contributed by atoms with Crippen LogP contribution in [0.25, 0.3) is 0 Å². The van der Waals surface area contributed by atoms with E-state index in [0.29, 0.717) is 23.3 Å². The Morgan fingerprint density at radius 1 is 1.03 bits per heavy atom. The van der Waals surface area contributed by atoms with Crippen molar-refractivity contribution in [2.24, 2.45) is 15.9 Å². The summed E-state index contributed by atoms with van der Waals surface area (Å²) in [5.74, 6) is 1.46. The lowest BCUT2D eigenvalue weighted by Gasteiger charge is -2.12. The topological polar surface area (TPSA) is 98.3 Å². The Morgan fingerprint density at radius 3 is 2.62 bits per heavy atom. The van der Waals surface area contributed by atoms with E-state index in [1.165, 1.54) is 17.3 Å². The third-order valence-corrected chi connectivity index (χ3v) is 5.38. The van der Waals surface area contributed by atoms with Crippen LogP contribution in [0.3, 0.4) is 0 Å². The molecule has 0 aliphatic heterocycles. The molecule has 3 N–H and O–H groups in total. The maximum Gasteiger partial charge on any atom is 0.262 e. The monoisotopic (exact) mass is 476 g/mol. The van der Waals surface area contributed by atoms with Gasteiger partial charge in [-0.05, 0) is 60.9 Å². The Balaban J connectivity index is 1.56. The number of amidine groups is 1. The maximum atomic E-state index is 12.3. The van der Waals surface area contributed by atoms with Crippen LogP contribution >= 0.6 is 11.8 Å². The molecule has 176 valence electrons. The van der Waals surface area contributed by atoms with Crippen molar-refractivity contribution in [1.29, 1.82) is 0 Å². The predicted octanol–water partition coefficient (Wildman–Crippen LogP) is 4.99. The third-order valence-electron chi connectivity index (χ3n) is 4.52. The van der Waals surface area contributed by atoms with Crippen LogP contribution in [0, 0.1) is 6.92 Å². The van der Waals surface area contributed by atoms with Gasteiger partial charge in [-0.1, -0.05) is 54.2 Å². The lowest BCUT2D eigenvalue weighted by Crippen LogP contribution is -2.20. The van der Waals surface area contributed by atoms with Crippen molar-refractivity contribution in [1.82, 2.24) is 0 Å². The first kappa shape index (κ1) is 24.9. The fourth-order valence-corrected chi connectivity index (χ4v) is 3.58. The lowest BCUT2D eigenvalue weighted by molar-refractivity contribution is -0.118. The molecule has 0 bridgehead atoms. The Morgan fingerprint density at radius 2 is 1.85 bits per heavy atom. The Kier molecular flexibility index (Phi) is 9.54. The number of ether oxygens (including phenoxy) is 2. The van der Waals surface area contributed by atoms with E-state index in [2.05, 4.69) is 15.5 Å². The highest BCUT2D eigenvalue weighted by molar-refractivity contribution is 8.13. The summed E-state index contributed by atoms with van der Waals surface area (Å²) in [5.41, 5.74) is 9.66. The first-order valence-electron chi connectivity index (χ1n) is 10.8. The number of hydrogen-bond acceptors (Lipinski definition) is 6. The SMILES string of the molecule is CCOc1cc(C=NN=C(N)SCc2ccccc2)ccc1OCC(=O)Nc1cccc(C)c1. The fourth-order valence-electron chi connectivity index (χ4n) is 2.97. The second kappa shape index (κ2) is 13.1. The van der Waals surface area contributed by atoms with Crippen LogP contribution in [-0.4, -0.2) is 30.5 Å². The van der Waals surface area contributed by atoms with E-state index < -0.39 is 0 Å². The molecule has 7 nitrogen and oxygen atoms in total. The van der Waals surface area contributed by atoms with Crippen molar-refractivity contribution in [3.63, 3.8) is 0 Å². The molecule has 3 rings (SSSR count). The van der Waals surface area contributed by atoms with E-state index in [-0.39, 0.29) is 12.5 Å². The zero-order valence-corrected chi connectivity index (χ0v) is 20.0. The second-order valence-electron chi connectivity index (χ2n) is 7.30. The van der Waals surface area contributed by atoms with Crippen molar-refractivity contribution in [2.75, 3.05) is 18.5 Å². The van der Waals surface area contributed by atoms with Crippen molar-refractivity contribution in [3.8, 4) is 11.5 Å². The molecule has 0 atom stereocenters. The van der Waals surface area contributed by atoms with E-state index in [1.54, 1.807) is 18.3 Å². The smallest absolute Gasteiger partial charge is 0.262 e. The van der Waals surface area contributed by atoms with Crippen LogP contribution < -0.4 is 20.5 Å². The number of nitrogens with two attached hydrogens (primary N) is 1. The molecular formula is C26H28N4O3S. The summed E-state index contributed by atoms with van der Waals surface area (Å²) >= 11 is 1.42. The number of nitrogens with one attached hydrogen (secondary N) is 1. The third kappa shape index (κ3) is 8.29. The van der Waals surface area contributed by atoms with E-state index >= 15 is 0 Å². The molecule has 34 heavy (non-hydrogen) atoms. The molecule has 1 amide bonds. The zero-order valence-electron chi connectivity index (χ0n) is 19.2. The number of carbonyl (C=O) groups excluding carboxylic acids is 1. The molecule has 0 aromatic heterocycles. The number of rotatable bonds is 10. The van der Waals surface area contributed by atoms with Gasteiger partial charge >= 0.3 is 0 Å². The number of hydrogen-bond donors (Lipinski definition) is 2. The van der Waals surface area contributed by atoms with Gasteiger partial charge in [0.15, 0.2) is 23.3 Å². The summed E-state index contributed by atoms with van der Waals surface area (Å²) in [6, 6.07) is 22.9. The molecule has 3 aromatic carbocycles. The Hall–Kier alpha value is -3.78. The summed E-state index contributed by atoms with van der Waals surface area (Å²) in [6.07, 6.45) is 1.59. The minimum atomic E-state index is -0.253. The number of thioether (sulfide) groups is 1. The van der Waals surface area contributed by atoms with E-state index in [1.807, 2.05) is 74.5 Å². The van der Waals surface area contributed by atoms with Crippen molar-refractivity contribution in [2.45, 2.75) is 19.6 Å². The molecule has 0 aliphatic rings. The molecule has 0 unspecified atom stereocenters. The quantitative estimate of drug-likeness (QED) is 0.244. The van der Waals surface area contributed by atoms with Gasteiger partial charge < -0.3 is 20.5 Å². The van der Waals surface area contributed by atoms with Gasteiger partial charge in [-0.2, -0.15) is 5.10 Å². The second-order valence-corrected chi connectivity index (χ2v) is 8.30. The molecule has 0 heterocycles. The van der Waals surface area contributed by atoms with Crippen LogP contribution in [0.4, 0.5) is 5.69 Å². The molecule has 3 aromatic rings. The Bertz CT molecular complexity index is 1150. The molecule has 8 heteroatoms. The van der Waals surface area contributed by atoms with Gasteiger partial charge in [0.25, 0.3) is 5.91 Å². The van der Waals surface area contributed by atoms with Gasteiger partial charge in [-0.25, -0.2) is 0 Å². The molecule has 0 fully saturated rings. The molecule has 0 saturated carbocycles. The molecule has 0 radical (unpaired) electrons. The number of nitrogens with zero attached hydrogens (tertiary/aromatic N) is 2. The Labute approximate surface area is 204 Å². The van der Waals surface area contributed by atoms with Gasteiger partial charge in [-0.15, -0.1) is 5.10 Å². The van der Waals surface area contributed by atoms with Gasteiger partial charge in [0.1, 0.15) is 0 Å². The van der Waals surface area contributed by atoms with Crippen LogP contribution in [0.15, 0.2) is 83.0 Å². The van der Waals surface area contributed by atoms with Gasteiger partial charge in [0.2, 0.25) is 0 Å². The lowest BCUT2D eigenvalue weighted by atomic mass is 10.2.